The van der Waals surface area contributed by atoms with Gasteiger partial charge in [0, 0.05) is 4.90 Å². The van der Waals surface area contributed by atoms with Crippen LogP contribution in [0.5, 0.6) is 0 Å². The zero-order valence-electron chi connectivity index (χ0n) is 13.4. The van der Waals surface area contributed by atoms with Crippen molar-refractivity contribution >= 4 is 16.5 Å². The molecule has 2 atom stereocenters. The molecule has 2 nitrogen and oxygen atoms in total. The third-order valence-corrected chi connectivity index (χ3v) is 4.84. The fourth-order valence-electron chi connectivity index (χ4n) is 2.13. The van der Waals surface area contributed by atoms with Gasteiger partial charge in [-0.1, -0.05) is 48.0 Å². The van der Waals surface area contributed by atoms with E-state index in [2.05, 4.69) is 4.99 Å². The van der Waals surface area contributed by atoms with E-state index in [0.29, 0.717) is 10.5 Å². The van der Waals surface area contributed by atoms with E-state index < -0.39 is 34.5 Å². The Balaban J connectivity index is 2.24. The van der Waals surface area contributed by atoms with Crippen LogP contribution in [0, 0.1) is 6.92 Å². The van der Waals surface area contributed by atoms with Gasteiger partial charge in [-0.15, -0.1) is 0 Å². The van der Waals surface area contributed by atoms with Gasteiger partial charge in [-0.3, -0.25) is 9.20 Å². The predicted molar refractivity (Wildman–Crippen MR) is 90.8 cm³/mol. The minimum Gasteiger partial charge on any atom is -0.276 e. The summed E-state index contributed by atoms with van der Waals surface area (Å²) in [6.45, 7) is 3.45. The highest BCUT2D eigenvalue weighted by Gasteiger charge is 2.37. The van der Waals surface area contributed by atoms with E-state index in [0.717, 1.165) is 5.56 Å². The van der Waals surface area contributed by atoms with Crippen molar-refractivity contribution in [1.82, 2.24) is 0 Å². The highest BCUT2D eigenvalue weighted by atomic mass is 32.2. The fourth-order valence-corrected chi connectivity index (χ4v) is 3.22. The number of aryl methyl sites for hydroxylation is 1. The number of hydrogen-bond donors (Lipinski definition) is 0. The molecule has 0 fully saturated rings. The molecular weight excluding hydrogens is 335 g/mol. The van der Waals surface area contributed by atoms with Gasteiger partial charge in [0.25, 0.3) is 0 Å². The highest BCUT2D eigenvalue weighted by Crippen LogP contribution is 2.24. The Morgan fingerprint density at radius 3 is 2.21 bits per heavy atom. The number of halogens is 3. The molecule has 24 heavy (non-hydrogen) atoms. The molecule has 0 spiro atoms. The van der Waals surface area contributed by atoms with E-state index in [4.69, 9.17) is 0 Å². The Kier molecular flexibility index (Phi) is 5.94. The van der Waals surface area contributed by atoms with Gasteiger partial charge in [-0.25, -0.2) is 0 Å². The molecule has 2 aromatic rings. The number of rotatable bonds is 5. The van der Waals surface area contributed by atoms with Gasteiger partial charge in [0.15, 0.2) is 0 Å². The summed E-state index contributed by atoms with van der Waals surface area (Å²) in [5.74, 6) is -0.649. The minimum absolute atomic E-state index is 0.366. The molecule has 0 bridgehead atoms. The van der Waals surface area contributed by atoms with Crippen LogP contribution in [0.3, 0.4) is 0 Å². The quantitative estimate of drug-likeness (QED) is 0.705. The minimum atomic E-state index is -4.61. The maximum atomic E-state index is 13.3. The molecule has 0 saturated heterocycles. The summed E-state index contributed by atoms with van der Waals surface area (Å²) in [4.78, 5) is 4.17. The summed E-state index contributed by atoms with van der Waals surface area (Å²) < 4.78 is 52.1. The zero-order valence-corrected chi connectivity index (χ0v) is 14.2. The summed E-state index contributed by atoms with van der Waals surface area (Å²) in [6.07, 6.45) is -4.61. The van der Waals surface area contributed by atoms with Crippen LogP contribution in [0.4, 0.5) is 13.2 Å². The third-order valence-electron chi connectivity index (χ3n) is 3.51. The number of alkyl halides is 3. The molecule has 0 saturated carbocycles. The molecule has 2 aromatic carbocycles. The topological polar surface area (TPSA) is 29.4 Å². The standard InChI is InChI=1S/C18H18F3NOS/c1-13-8-10-16(11-9-13)24(23)12-17(18(19,20)21)22-14(2)15-6-4-3-5-7-15/h3-11,14H,12H2,1-2H3/t14-,24?/m1/s1. The Bertz CT molecular complexity index is 724. The largest absolute Gasteiger partial charge is 0.430 e. The summed E-state index contributed by atoms with van der Waals surface area (Å²) >= 11 is 0. The van der Waals surface area contributed by atoms with Crippen molar-refractivity contribution < 1.29 is 17.4 Å². The molecule has 0 aliphatic rings. The van der Waals surface area contributed by atoms with Crippen molar-refractivity contribution in [3.8, 4) is 0 Å². The number of nitrogens with zero attached hydrogens (tertiary/aromatic N) is 1. The summed E-state index contributed by atoms with van der Waals surface area (Å²) in [5, 5.41) is 0. The second kappa shape index (κ2) is 7.75. The first kappa shape index (κ1) is 18.4. The molecule has 6 heteroatoms. The van der Waals surface area contributed by atoms with Gasteiger partial charge in [-0.05, 0) is 31.5 Å². The van der Waals surface area contributed by atoms with E-state index in [1.165, 1.54) is 0 Å². The van der Waals surface area contributed by atoms with Gasteiger partial charge in [0.2, 0.25) is 0 Å². The van der Waals surface area contributed by atoms with Crippen molar-refractivity contribution in [2.45, 2.75) is 31.0 Å². The van der Waals surface area contributed by atoms with Gasteiger partial charge in [-0.2, -0.15) is 13.2 Å². The number of hydrogen-bond acceptors (Lipinski definition) is 2. The fraction of sp³-hybridized carbons (Fsp3) is 0.278. The third kappa shape index (κ3) is 5.03. The van der Waals surface area contributed by atoms with Crippen LogP contribution in [-0.4, -0.2) is 21.8 Å². The van der Waals surface area contributed by atoms with Crippen molar-refractivity contribution in [1.29, 1.82) is 0 Å². The van der Waals surface area contributed by atoms with Crippen LogP contribution in [0.2, 0.25) is 0 Å². The smallest absolute Gasteiger partial charge is 0.276 e. The molecule has 0 N–H and O–H groups in total. The van der Waals surface area contributed by atoms with Gasteiger partial charge in [0.1, 0.15) is 5.71 Å². The lowest BCUT2D eigenvalue weighted by molar-refractivity contribution is -0.0593. The number of benzene rings is 2. The van der Waals surface area contributed by atoms with Crippen LogP contribution in [0.15, 0.2) is 64.5 Å². The summed E-state index contributed by atoms with van der Waals surface area (Å²) in [6, 6.07) is 14.7. The summed E-state index contributed by atoms with van der Waals surface area (Å²) in [5.41, 5.74) is 0.635. The van der Waals surface area contributed by atoms with Crippen LogP contribution in [0.25, 0.3) is 0 Å². The summed E-state index contributed by atoms with van der Waals surface area (Å²) in [7, 11) is -1.79. The van der Waals surface area contributed by atoms with Gasteiger partial charge in [0.05, 0.1) is 22.6 Å². The van der Waals surface area contributed by atoms with E-state index in [1.807, 2.05) is 6.92 Å². The molecular formula is C18H18F3NOS. The van der Waals surface area contributed by atoms with Crippen LogP contribution < -0.4 is 0 Å². The second-order valence-corrected chi connectivity index (χ2v) is 6.91. The average Bonchev–Trinajstić information content (AvgIpc) is 2.54. The first-order valence-electron chi connectivity index (χ1n) is 7.41. The molecule has 0 radical (unpaired) electrons. The lowest BCUT2D eigenvalue weighted by Gasteiger charge is -2.14. The Morgan fingerprint density at radius 2 is 1.67 bits per heavy atom. The maximum Gasteiger partial charge on any atom is 0.430 e. The Morgan fingerprint density at radius 1 is 1.08 bits per heavy atom. The highest BCUT2D eigenvalue weighted by molar-refractivity contribution is 7.85. The van der Waals surface area contributed by atoms with Gasteiger partial charge >= 0.3 is 6.18 Å². The molecule has 0 amide bonds. The molecule has 1 unspecified atom stereocenters. The second-order valence-electron chi connectivity index (χ2n) is 5.46. The number of aliphatic imine (C=N–C) groups is 1. The van der Waals surface area contributed by atoms with Crippen LogP contribution >= 0.6 is 0 Å². The lowest BCUT2D eigenvalue weighted by atomic mass is 10.1. The lowest BCUT2D eigenvalue weighted by Crippen LogP contribution is -2.29. The SMILES string of the molecule is Cc1ccc(S(=O)CC(=N[C@H](C)c2ccccc2)C(F)(F)F)cc1. The van der Waals surface area contributed by atoms with E-state index >= 15 is 0 Å². The maximum absolute atomic E-state index is 13.3. The van der Waals surface area contributed by atoms with Crippen LogP contribution in [0.1, 0.15) is 24.1 Å². The first-order valence-corrected chi connectivity index (χ1v) is 8.73. The molecule has 2 rings (SSSR count). The normalized spacial score (nSPS) is 15.1. The monoisotopic (exact) mass is 353 g/mol. The van der Waals surface area contributed by atoms with E-state index in [1.54, 1.807) is 61.5 Å². The van der Waals surface area contributed by atoms with Crippen molar-refractivity contribution in [2.75, 3.05) is 5.75 Å². The Labute approximate surface area is 141 Å². The van der Waals surface area contributed by atoms with Crippen molar-refractivity contribution in [2.24, 2.45) is 4.99 Å². The van der Waals surface area contributed by atoms with E-state index in [9.17, 15) is 17.4 Å². The average molecular weight is 353 g/mol. The van der Waals surface area contributed by atoms with Crippen LogP contribution in [-0.2, 0) is 10.8 Å². The zero-order chi connectivity index (χ0) is 17.7. The molecule has 0 aliphatic carbocycles. The Hall–Kier alpha value is -1.95. The molecule has 0 heterocycles. The molecule has 0 aliphatic heterocycles. The molecule has 128 valence electrons. The first-order chi connectivity index (χ1) is 11.3. The van der Waals surface area contributed by atoms with Crippen molar-refractivity contribution in [3.63, 3.8) is 0 Å². The van der Waals surface area contributed by atoms with E-state index in [-0.39, 0.29) is 0 Å². The predicted octanol–water partition coefficient (Wildman–Crippen LogP) is 4.87. The molecule has 0 aromatic heterocycles. The van der Waals surface area contributed by atoms with Gasteiger partial charge < -0.3 is 0 Å². The van der Waals surface area contributed by atoms with Crippen molar-refractivity contribution in [3.05, 3.63) is 65.7 Å².